The number of nitrogen functional groups attached to an aromatic ring is 1. The first-order chi connectivity index (χ1) is 12.5. The van der Waals surface area contributed by atoms with E-state index in [1.54, 1.807) is 0 Å². The molecule has 1 amide bonds. The minimum Gasteiger partial charge on any atom is -0.494 e. The quantitative estimate of drug-likeness (QED) is 0.577. The molecular formula is C18H22N4O4. The number of aromatic nitrogens is 2. The molecule has 1 aromatic heterocycles. The Kier molecular flexibility index (Phi) is 5.11. The van der Waals surface area contributed by atoms with Crippen molar-refractivity contribution >= 4 is 11.6 Å². The average Bonchev–Trinajstić information content (AvgIpc) is 3.00. The monoisotopic (exact) mass is 358 g/mol. The number of aromatic amines is 2. The van der Waals surface area contributed by atoms with Gasteiger partial charge in [0.1, 0.15) is 17.1 Å². The van der Waals surface area contributed by atoms with Crippen molar-refractivity contribution in [3.63, 3.8) is 0 Å². The van der Waals surface area contributed by atoms with E-state index in [0.29, 0.717) is 6.61 Å². The van der Waals surface area contributed by atoms with Gasteiger partial charge in [-0.2, -0.15) is 0 Å². The predicted octanol–water partition coefficient (Wildman–Crippen LogP) is 1.24. The molecule has 0 saturated carbocycles. The molecule has 138 valence electrons. The second kappa shape index (κ2) is 7.47. The summed E-state index contributed by atoms with van der Waals surface area (Å²) < 4.78 is 5.72. The minimum atomic E-state index is -0.778. The van der Waals surface area contributed by atoms with Crippen LogP contribution in [0.5, 0.6) is 5.75 Å². The van der Waals surface area contributed by atoms with Crippen LogP contribution in [0, 0.1) is 0 Å². The van der Waals surface area contributed by atoms with E-state index in [-0.39, 0.29) is 17.4 Å². The molecule has 1 aliphatic rings. The van der Waals surface area contributed by atoms with E-state index in [0.717, 1.165) is 42.6 Å². The van der Waals surface area contributed by atoms with E-state index in [4.69, 9.17) is 10.5 Å². The maximum absolute atomic E-state index is 12.4. The number of hydrogen-bond donors (Lipinski definition) is 4. The summed E-state index contributed by atoms with van der Waals surface area (Å²) >= 11 is 0. The number of amides is 1. The largest absolute Gasteiger partial charge is 0.494 e. The first kappa shape index (κ1) is 17.8. The molecule has 1 heterocycles. The summed E-state index contributed by atoms with van der Waals surface area (Å²) in [6.07, 6.45) is 3.62. The van der Waals surface area contributed by atoms with Crippen LogP contribution in [0.1, 0.15) is 53.8 Å². The van der Waals surface area contributed by atoms with Gasteiger partial charge in [0.2, 0.25) is 0 Å². The Hall–Kier alpha value is -3.03. The van der Waals surface area contributed by atoms with Crippen LogP contribution < -0.4 is 27.0 Å². The van der Waals surface area contributed by atoms with Crippen molar-refractivity contribution in [1.82, 2.24) is 15.3 Å². The van der Waals surface area contributed by atoms with Crippen LogP contribution in [0.4, 0.5) is 5.69 Å². The molecule has 8 nitrogen and oxygen atoms in total. The summed E-state index contributed by atoms with van der Waals surface area (Å²) in [5.41, 5.74) is 5.67. The lowest BCUT2D eigenvalue weighted by atomic mass is 10.1. The highest BCUT2D eigenvalue weighted by Crippen LogP contribution is 2.33. The number of hydrogen-bond acceptors (Lipinski definition) is 5. The van der Waals surface area contributed by atoms with E-state index in [9.17, 15) is 14.4 Å². The molecule has 1 aliphatic carbocycles. The zero-order valence-corrected chi connectivity index (χ0v) is 14.6. The van der Waals surface area contributed by atoms with Gasteiger partial charge in [-0.1, -0.05) is 19.4 Å². The van der Waals surface area contributed by atoms with Crippen molar-refractivity contribution in [2.45, 2.75) is 38.6 Å². The normalized spacial score (nSPS) is 15.5. The van der Waals surface area contributed by atoms with Gasteiger partial charge in [0.15, 0.2) is 0 Å². The lowest BCUT2D eigenvalue weighted by Gasteiger charge is -2.15. The Bertz CT molecular complexity index is 932. The molecule has 0 fully saturated rings. The summed E-state index contributed by atoms with van der Waals surface area (Å²) in [6.45, 7) is 2.80. The molecule has 5 N–H and O–H groups in total. The number of anilines is 1. The summed E-state index contributed by atoms with van der Waals surface area (Å²) in [5, 5.41) is 2.84. The number of ether oxygens (including phenoxy) is 1. The lowest BCUT2D eigenvalue weighted by Crippen LogP contribution is -2.34. The van der Waals surface area contributed by atoms with Gasteiger partial charge >= 0.3 is 5.69 Å². The first-order valence-electron chi connectivity index (χ1n) is 8.68. The smallest absolute Gasteiger partial charge is 0.326 e. The highest BCUT2D eigenvalue weighted by molar-refractivity contribution is 5.97. The molecule has 1 atom stereocenters. The highest BCUT2D eigenvalue weighted by Gasteiger charge is 2.26. The molecule has 0 spiro atoms. The third kappa shape index (κ3) is 3.63. The molecule has 2 aromatic rings. The van der Waals surface area contributed by atoms with Gasteiger partial charge < -0.3 is 20.8 Å². The van der Waals surface area contributed by atoms with Crippen LogP contribution in [0.3, 0.4) is 0 Å². The predicted molar refractivity (Wildman–Crippen MR) is 97.5 cm³/mol. The Balaban J connectivity index is 1.75. The van der Waals surface area contributed by atoms with Crippen LogP contribution in [-0.2, 0) is 6.42 Å². The summed E-state index contributed by atoms with van der Waals surface area (Å²) in [7, 11) is 0. The first-order valence-corrected chi connectivity index (χ1v) is 8.68. The lowest BCUT2D eigenvalue weighted by molar-refractivity contribution is 0.0932. The standard InChI is InChI=1S/C18H22N4O4/c1-2-3-8-26-11-5-6-12-10(9-11)4-7-13(12)20-17(24)15-14(19)16(23)22-18(25)21-15/h5-6,9,13H,2-4,7-8,19H2,1H3,(H,20,24)(H2,21,22,23,25)/t13-/m1/s1. The second-order valence-electron chi connectivity index (χ2n) is 6.32. The zero-order valence-electron chi connectivity index (χ0n) is 14.6. The molecule has 0 radical (unpaired) electrons. The maximum atomic E-state index is 12.4. The number of unbranched alkanes of at least 4 members (excludes halogenated alkanes) is 1. The Morgan fingerprint density at radius 2 is 2.15 bits per heavy atom. The van der Waals surface area contributed by atoms with Crippen molar-refractivity contribution in [1.29, 1.82) is 0 Å². The number of H-pyrrole nitrogens is 2. The fourth-order valence-corrected chi connectivity index (χ4v) is 3.07. The zero-order chi connectivity index (χ0) is 18.7. The van der Waals surface area contributed by atoms with E-state index >= 15 is 0 Å². The molecule has 8 heteroatoms. The number of nitrogens with two attached hydrogens (primary N) is 1. The number of benzene rings is 1. The van der Waals surface area contributed by atoms with Gasteiger partial charge in [-0.3, -0.25) is 14.6 Å². The van der Waals surface area contributed by atoms with Crippen LogP contribution in [0.2, 0.25) is 0 Å². The Labute approximate surface area is 149 Å². The molecule has 1 aromatic carbocycles. The van der Waals surface area contributed by atoms with Crippen molar-refractivity contribution in [2.24, 2.45) is 0 Å². The Morgan fingerprint density at radius 1 is 1.35 bits per heavy atom. The van der Waals surface area contributed by atoms with Gasteiger partial charge in [-0.15, -0.1) is 0 Å². The molecular weight excluding hydrogens is 336 g/mol. The van der Waals surface area contributed by atoms with Crippen LogP contribution in [0.15, 0.2) is 27.8 Å². The number of nitrogens with one attached hydrogen (secondary N) is 3. The molecule has 3 rings (SSSR count). The van der Waals surface area contributed by atoms with Gasteiger partial charge in [-0.05, 0) is 42.5 Å². The van der Waals surface area contributed by atoms with Crippen LogP contribution >= 0.6 is 0 Å². The highest BCUT2D eigenvalue weighted by atomic mass is 16.5. The van der Waals surface area contributed by atoms with Gasteiger partial charge in [0.05, 0.1) is 12.6 Å². The van der Waals surface area contributed by atoms with Gasteiger partial charge in [-0.25, -0.2) is 4.79 Å². The maximum Gasteiger partial charge on any atom is 0.326 e. The Morgan fingerprint density at radius 3 is 2.92 bits per heavy atom. The average molecular weight is 358 g/mol. The molecule has 0 bridgehead atoms. The number of fused-ring (bicyclic) bond motifs is 1. The fourth-order valence-electron chi connectivity index (χ4n) is 3.07. The summed E-state index contributed by atoms with van der Waals surface area (Å²) in [4.78, 5) is 39.6. The van der Waals surface area contributed by atoms with Gasteiger partial charge in [0, 0.05) is 0 Å². The van der Waals surface area contributed by atoms with Crippen molar-refractivity contribution in [3.05, 3.63) is 55.9 Å². The number of carbonyl (C=O) groups is 1. The summed E-state index contributed by atoms with van der Waals surface area (Å²) in [6, 6.07) is 5.63. The van der Waals surface area contributed by atoms with Crippen molar-refractivity contribution < 1.29 is 9.53 Å². The SMILES string of the molecule is CCCCOc1ccc2c(c1)CC[C@H]2NC(=O)c1[nH]c(=O)[nH]c(=O)c1N. The van der Waals surface area contributed by atoms with E-state index in [1.807, 2.05) is 23.2 Å². The third-order valence-corrected chi connectivity index (χ3v) is 4.47. The fraction of sp³-hybridized carbons (Fsp3) is 0.389. The topological polar surface area (TPSA) is 130 Å². The third-order valence-electron chi connectivity index (χ3n) is 4.47. The van der Waals surface area contributed by atoms with E-state index in [2.05, 4.69) is 17.2 Å². The van der Waals surface area contributed by atoms with E-state index in [1.165, 1.54) is 0 Å². The number of aryl methyl sites for hydroxylation is 1. The van der Waals surface area contributed by atoms with Crippen molar-refractivity contribution in [2.75, 3.05) is 12.3 Å². The number of carbonyl (C=O) groups excluding carboxylic acids is 1. The van der Waals surface area contributed by atoms with Gasteiger partial charge in [0.25, 0.3) is 11.5 Å². The van der Waals surface area contributed by atoms with Crippen molar-refractivity contribution in [3.8, 4) is 5.75 Å². The molecule has 0 saturated heterocycles. The summed E-state index contributed by atoms with van der Waals surface area (Å²) in [5.74, 6) is 0.249. The number of rotatable bonds is 6. The second-order valence-corrected chi connectivity index (χ2v) is 6.32. The van der Waals surface area contributed by atoms with E-state index < -0.39 is 17.2 Å². The molecule has 26 heavy (non-hydrogen) atoms. The molecule has 0 aliphatic heterocycles. The van der Waals surface area contributed by atoms with Crippen LogP contribution in [0.25, 0.3) is 0 Å². The molecule has 0 unspecified atom stereocenters. The van der Waals surface area contributed by atoms with Crippen LogP contribution in [-0.4, -0.2) is 22.5 Å². The minimum absolute atomic E-state index is 0.204.